The minimum atomic E-state index is -0.0298. The number of para-hydroxylation sites is 1. The van der Waals surface area contributed by atoms with E-state index < -0.39 is 0 Å². The fourth-order valence-electron chi connectivity index (χ4n) is 2.55. The molecule has 1 aromatic rings. The van der Waals surface area contributed by atoms with Gasteiger partial charge in [-0.25, -0.2) is 0 Å². The molecule has 0 heterocycles. The van der Waals surface area contributed by atoms with E-state index >= 15 is 0 Å². The molecule has 0 amide bonds. The Balaban J connectivity index is 0.00000144. The minimum absolute atomic E-state index is 0. The van der Waals surface area contributed by atoms with Crippen molar-refractivity contribution in [1.82, 2.24) is 0 Å². The molecule has 0 aliphatic heterocycles. The Morgan fingerprint density at radius 2 is 1.88 bits per heavy atom. The van der Waals surface area contributed by atoms with Gasteiger partial charge >= 0.3 is 0 Å². The van der Waals surface area contributed by atoms with E-state index in [1.807, 2.05) is 18.2 Å². The van der Waals surface area contributed by atoms with Gasteiger partial charge in [0, 0.05) is 11.6 Å². The van der Waals surface area contributed by atoms with Gasteiger partial charge in [-0.1, -0.05) is 31.4 Å². The third kappa shape index (κ3) is 3.36. The summed E-state index contributed by atoms with van der Waals surface area (Å²) in [4.78, 5) is 0. The molecular formula is C13H19BrClNO. The summed E-state index contributed by atoms with van der Waals surface area (Å²) < 4.78 is 0.733. The van der Waals surface area contributed by atoms with E-state index in [1.54, 1.807) is 0 Å². The molecule has 0 spiro atoms. The largest absolute Gasteiger partial charge is 0.506 e. The van der Waals surface area contributed by atoms with Crippen LogP contribution in [0.15, 0.2) is 22.7 Å². The molecule has 1 aliphatic carbocycles. The first-order valence-electron chi connectivity index (χ1n) is 5.93. The summed E-state index contributed by atoms with van der Waals surface area (Å²) in [6, 6.07) is 5.67. The van der Waals surface area contributed by atoms with Crippen LogP contribution in [0.25, 0.3) is 0 Å². The van der Waals surface area contributed by atoms with Crippen molar-refractivity contribution in [2.45, 2.75) is 38.1 Å². The average molecular weight is 321 g/mol. The molecular weight excluding hydrogens is 302 g/mol. The second kappa shape index (κ2) is 6.62. The fourth-order valence-corrected chi connectivity index (χ4v) is 2.93. The van der Waals surface area contributed by atoms with Crippen molar-refractivity contribution in [2.75, 3.05) is 0 Å². The van der Waals surface area contributed by atoms with Crippen molar-refractivity contribution in [3.05, 3.63) is 28.2 Å². The van der Waals surface area contributed by atoms with Crippen LogP contribution in [0.4, 0.5) is 0 Å². The van der Waals surface area contributed by atoms with Crippen LogP contribution < -0.4 is 5.73 Å². The molecule has 2 nitrogen and oxygen atoms in total. The van der Waals surface area contributed by atoms with Gasteiger partial charge in [0.25, 0.3) is 0 Å². The van der Waals surface area contributed by atoms with Crippen molar-refractivity contribution in [2.24, 2.45) is 11.7 Å². The lowest BCUT2D eigenvalue weighted by Crippen LogP contribution is -2.23. The van der Waals surface area contributed by atoms with Crippen LogP contribution in [0.1, 0.15) is 43.7 Å². The van der Waals surface area contributed by atoms with E-state index in [0.29, 0.717) is 11.7 Å². The molecule has 1 fully saturated rings. The Labute approximate surface area is 117 Å². The number of hydrogen-bond acceptors (Lipinski definition) is 2. The Kier molecular flexibility index (Phi) is 5.77. The molecule has 0 aromatic heterocycles. The van der Waals surface area contributed by atoms with Gasteiger partial charge in [0.2, 0.25) is 0 Å². The molecule has 0 radical (unpaired) electrons. The number of rotatable bonds is 2. The number of hydrogen-bond donors (Lipinski definition) is 2. The zero-order chi connectivity index (χ0) is 11.5. The average Bonchev–Trinajstić information content (AvgIpc) is 2.33. The molecule has 1 aliphatic rings. The van der Waals surface area contributed by atoms with E-state index in [-0.39, 0.29) is 18.4 Å². The van der Waals surface area contributed by atoms with Crippen LogP contribution in [0, 0.1) is 5.92 Å². The van der Waals surface area contributed by atoms with Gasteiger partial charge in [0.15, 0.2) is 0 Å². The predicted octanol–water partition coefficient (Wildman–Crippen LogP) is 4.16. The Hall–Kier alpha value is -0.250. The lowest BCUT2D eigenvalue weighted by Gasteiger charge is -2.28. The summed E-state index contributed by atoms with van der Waals surface area (Å²) in [5, 5.41) is 9.97. The van der Waals surface area contributed by atoms with Gasteiger partial charge in [0.05, 0.1) is 4.47 Å². The lowest BCUT2D eigenvalue weighted by atomic mass is 9.81. The maximum atomic E-state index is 9.97. The van der Waals surface area contributed by atoms with Crippen molar-refractivity contribution in [3.8, 4) is 5.75 Å². The summed E-state index contributed by atoms with van der Waals surface area (Å²) in [6.07, 6.45) is 6.24. The van der Waals surface area contributed by atoms with Crippen LogP contribution in [0.2, 0.25) is 0 Å². The summed E-state index contributed by atoms with van der Waals surface area (Å²) in [7, 11) is 0. The van der Waals surface area contributed by atoms with Crippen LogP contribution in [0.3, 0.4) is 0 Å². The smallest absolute Gasteiger partial charge is 0.134 e. The third-order valence-corrected chi connectivity index (χ3v) is 4.17. The SMILES string of the molecule is Cl.N[C@@H](c1cccc(Br)c1O)C1CCCCC1. The van der Waals surface area contributed by atoms with Crippen molar-refractivity contribution < 1.29 is 5.11 Å². The van der Waals surface area contributed by atoms with Gasteiger partial charge in [-0.2, -0.15) is 0 Å². The first-order valence-corrected chi connectivity index (χ1v) is 6.72. The Morgan fingerprint density at radius 3 is 2.53 bits per heavy atom. The molecule has 2 rings (SSSR count). The molecule has 0 unspecified atom stereocenters. The maximum absolute atomic E-state index is 9.97. The molecule has 3 N–H and O–H groups in total. The molecule has 4 heteroatoms. The van der Waals surface area contributed by atoms with Gasteiger partial charge in [-0.05, 0) is 40.8 Å². The normalized spacial score (nSPS) is 18.5. The second-order valence-corrected chi connectivity index (χ2v) is 5.46. The standard InChI is InChI=1S/C13H18BrNO.ClH/c14-11-8-4-7-10(13(11)16)12(15)9-5-2-1-3-6-9;/h4,7-9,12,16H,1-3,5-6,15H2;1H/t12-;/m1./s1. The maximum Gasteiger partial charge on any atom is 0.134 e. The third-order valence-electron chi connectivity index (χ3n) is 3.53. The molecule has 0 bridgehead atoms. The lowest BCUT2D eigenvalue weighted by molar-refractivity contribution is 0.303. The number of nitrogens with two attached hydrogens (primary N) is 1. The number of halogens is 2. The molecule has 96 valence electrons. The number of phenols is 1. The summed E-state index contributed by atoms with van der Waals surface area (Å²) >= 11 is 3.33. The number of aromatic hydroxyl groups is 1. The highest BCUT2D eigenvalue weighted by Crippen LogP contribution is 2.38. The van der Waals surface area contributed by atoms with Crippen molar-refractivity contribution >= 4 is 28.3 Å². The highest BCUT2D eigenvalue weighted by atomic mass is 79.9. The Morgan fingerprint density at radius 1 is 1.24 bits per heavy atom. The van der Waals surface area contributed by atoms with Crippen LogP contribution in [-0.4, -0.2) is 5.11 Å². The number of benzene rings is 1. The summed E-state index contributed by atoms with van der Waals surface area (Å²) in [6.45, 7) is 0. The minimum Gasteiger partial charge on any atom is -0.506 e. The van der Waals surface area contributed by atoms with E-state index in [2.05, 4.69) is 15.9 Å². The molecule has 0 saturated heterocycles. The van der Waals surface area contributed by atoms with E-state index in [9.17, 15) is 5.11 Å². The topological polar surface area (TPSA) is 46.2 Å². The van der Waals surface area contributed by atoms with Crippen molar-refractivity contribution in [3.63, 3.8) is 0 Å². The van der Waals surface area contributed by atoms with Gasteiger partial charge in [0.1, 0.15) is 5.75 Å². The molecule has 1 aromatic carbocycles. The highest BCUT2D eigenvalue weighted by molar-refractivity contribution is 9.10. The molecule has 17 heavy (non-hydrogen) atoms. The quantitative estimate of drug-likeness (QED) is 0.859. The second-order valence-electron chi connectivity index (χ2n) is 4.60. The highest BCUT2D eigenvalue weighted by Gasteiger charge is 2.24. The van der Waals surface area contributed by atoms with Gasteiger partial charge in [-0.3, -0.25) is 0 Å². The van der Waals surface area contributed by atoms with Crippen LogP contribution in [-0.2, 0) is 0 Å². The first kappa shape index (κ1) is 14.8. The first-order chi connectivity index (χ1) is 7.70. The zero-order valence-electron chi connectivity index (χ0n) is 9.73. The predicted molar refractivity (Wildman–Crippen MR) is 76.6 cm³/mol. The summed E-state index contributed by atoms with van der Waals surface area (Å²) in [5.41, 5.74) is 7.13. The van der Waals surface area contributed by atoms with Crippen LogP contribution >= 0.6 is 28.3 Å². The monoisotopic (exact) mass is 319 g/mol. The van der Waals surface area contributed by atoms with Gasteiger partial charge < -0.3 is 10.8 Å². The molecule has 1 saturated carbocycles. The van der Waals surface area contributed by atoms with E-state index in [1.165, 1.54) is 32.1 Å². The number of phenolic OH excluding ortho intramolecular Hbond substituents is 1. The van der Waals surface area contributed by atoms with E-state index in [0.717, 1.165) is 10.0 Å². The van der Waals surface area contributed by atoms with Crippen LogP contribution in [0.5, 0.6) is 5.75 Å². The van der Waals surface area contributed by atoms with E-state index in [4.69, 9.17) is 5.73 Å². The fraction of sp³-hybridized carbons (Fsp3) is 0.538. The summed E-state index contributed by atoms with van der Waals surface area (Å²) in [5.74, 6) is 0.828. The zero-order valence-corrected chi connectivity index (χ0v) is 12.1. The van der Waals surface area contributed by atoms with Crippen molar-refractivity contribution in [1.29, 1.82) is 0 Å². The molecule has 1 atom stereocenters. The Bertz CT molecular complexity index is 366. The van der Waals surface area contributed by atoms with Gasteiger partial charge in [-0.15, -0.1) is 12.4 Å².